The molecule has 0 saturated carbocycles. The number of hydrogen-bond acceptors (Lipinski definition) is 5. The van der Waals surface area contributed by atoms with E-state index in [1.165, 1.54) is 17.8 Å². The van der Waals surface area contributed by atoms with Crippen molar-refractivity contribution < 1.29 is 0 Å². The van der Waals surface area contributed by atoms with Crippen LogP contribution >= 0.6 is 11.8 Å². The van der Waals surface area contributed by atoms with Crippen molar-refractivity contribution in [2.75, 3.05) is 0 Å². The Morgan fingerprint density at radius 1 is 1.44 bits per heavy atom. The van der Waals surface area contributed by atoms with E-state index in [0.717, 1.165) is 0 Å². The SMILES string of the molecule is Cc1cc(=O)[nH]c(Sc2cccc(C(=N)N)n2)n1. The van der Waals surface area contributed by atoms with E-state index < -0.39 is 0 Å². The summed E-state index contributed by atoms with van der Waals surface area (Å²) in [6, 6.07) is 6.59. The van der Waals surface area contributed by atoms with Crippen molar-refractivity contribution in [3.8, 4) is 0 Å². The number of nitrogens with one attached hydrogen (secondary N) is 2. The van der Waals surface area contributed by atoms with Gasteiger partial charge < -0.3 is 10.7 Å². The van der Waals surface area contributed by atoms with Crippen LogP contribution in [0.15, 0.2) is 39.2 Å². The van der Waals surface area contributed by atoms with Crippen LogP contribution in [0.1, 0.15) is 11.4 Å². The van der Waals surface area contributed by atoms with Crippen molar-refractivity contribution in [3.05, 3.63) is 46.0 Å². The molecule has 0 aromatic carbocycles. The smallest absolute Gasteiger partial charge is 0.251 e. The summed E-state index contributed by atoms with van der Waals surface area (Å²) in [6.07, 6.45) is 0. The van der Waals surface area contributed by atoms with Crippen LogP contribution in [0.4, 0.5) is 0 Å². The van der Waals surface area contributed by atoms with Gasteiger partial charge in [0.05, 0.1) is 0 Å². The van der Waals surface area contributed by atoms with Crippen molar-refractivity contribution in [1.82, 2.24) is 15.0 Å². The molecule has 0 fully saturated rings. The predicted octanol–water partition coefficient (Wildman–Crippen LogP) is 0.909. The first-order valence-corrected chi connectivity index (χ1v) is 5.93. The second kappa shape index (κ2) is 5.01. The van der Waals surface area contributed by atoms with Gasteiger partial charge in [-0.15, -0.1) is 0 Å². The Kier molecular flexibility index (Phi) is 3.42. The number of aromatic nitrogens is 3. The van der Waals surface area contributed by atoms with Crippen LogP contribution in [0.2, 0.25) is 0 Å². The molecule has 0 spiro atoms. The van der Waals surface area contributed by atoms with Crippen LogP contribution in [-0.2, 0) is 0 Å². The topological polar surface area (TPSA) is 109 Å². The number of hydrogen-bond donors (Lipinski definition) is 3. The van der Waals surface area contributed by atoms with Crippen LogP contribution in [0.5, 0.6) is 0 Å². The van der Waals surface area contributed by atoms with Crippen LogP contribution in [-0.4, -0.2) is 20.8 Å². The van der Waals surface area contributed by atoms with Gasteiger partial charge in [0.1, 0.15) is 16.6 Å². The first-order valence-electron chi connectivity index (χ1n) is 5.12. The lowest BCUT2D eigenvalue weighted by atomic mass is 10.3. The number of nitrogens with zero attached hydrogens (tertiary/aromatic N) is 2. The molecular weight excluding hydrogens is 250 g/mol. The van der Waals surface area contributed by atoms with Crippen LogP contribution < -0.4 is 11.3 Å². The average Bonchev–Trinajstić information content (AvgIpc) is 2.27. The summed E-state index contributed by atoms with van der Waals surface area (Å²) >= 11 is 1.22. The Morgan fingerprint density at radius 2 is 2.22 bits per heavy atom. The highest BCUT2D eigenvalue weighted by molar-refractivity contribution is 7.99. The summed E-state index contributed by atoms with van der Waals surface area (Å²) in [5, 5.41) is 8.40. The van der Waals surface area contributed by atoms with E-state index in [4.69, 9.17) is 11.1 Å². The van der Waals surface area contributed by atoms with Gasteiger partial charge in [-0.2, -0.15) is 0 Å². The molecule has 0 aliphatic heterocycles. The molecule has 18 heavy (non-hydrogen) atoms. The monoisotopic (exact) mass is 261 g/mol. The molecule has 0 bridgehead atoms. The van der Waals surface area contributed by atoms with E-state index in [2.05, 4.69) is 15.0 Å². The van der Waals surface area contributed by atoms with E-state index >= 15 is 0 Å². The number of H-pyrrole nitrogens is 1. The molecule has 0 aliphatic rings. The zero-order chi connectivity index (χ0) is 13.1. The minimum absolute atomic E-state index is 0.0943. The molecule has 2 rings (SSSR count). The lowest BCUT2D eigenvalue weighted by molar-refractivity contribution is 0.901. The van der Waals surface area contributed by atoms with Gasteiger partial charge in [-0.1, -0.05) is 6.07 Å². The number of aromatic amines is 1. The van der Waals surface area contributed by atoms with Crippen LogP contribution in [0.25, 0.3) is 0 Å². The highest BCUT2D eigenvalue weighted by atomic mass is 32.2. The molecule has 0 aliphatic carbocycles. The zero-order valence-electron chi connectivity index (χ0n) is 9.60. The highest BCUT2D eigenvalue weighted by Crippen LogP contribution is 2.21. The standard InChI is InChI=1S/C11H11N5OS/c1-6-5-8(17)16-11(14-6)18-9-4-2-3-7(15-9)10(12)13/h2-5H,1H3,(H3,12,13)(H,14,16,17). The summed E-state index contributed by atoms with van der Waals surface area (Å²) in [5.41, 5.74) is 6.20. The fourth-order valence-electron chi connectivity index (χ4n) is 1.32. The summed E-state index contributed by atoms with van der Waals surface area (Å²) in [4.78, 5) is 22.3. The number of pyridine rings is 1. The average molecular weight is 261 g/mol. The van der Waals surface area contributed by atoms with Gasteiger partial charge in [0, 0.05) is 11.8 Å². The third-order valence-corrected chi connectivity index (χ3v) is 2.87. The minimum atomic E-state index is -0.201. The Labute approximate surface area is 107 Å². The molecule has 2 aromatic rings. The fourth-order valence-corrected chi connectivity index (χ4v) is 2.15. The molecule has 0 atom stereocenters. The van der Waals surface area contributed by atoms with Crippen LogP contribution in [0.3, 0.4) is 0 Å². The van der Waals surface area contributed by atoms with Crippen molar-refractivity contribution in [3.63, 3.8) is 0 Å². The number of nitrogen functional groups attached to an aromatic ring is 1. The fraction of sp³-hybridized carbons (Fsp3) is 0.0909. The number of amidine groups is 1. The first-order chi connectivity index (χ1) is 8.54. The number of aryl methyl sites for hydroxylation is 1. The minimum Gasteiger partial charge on any atom is -0.382 e. The molecule has 4 N–H and O–H groups in total. The van der Waals surface area contributed by atoms with E-state index in [-0.39, 0.29) is 11.4 Å². The molecule has 0 amide bonds. The summed E-state index contributed by atoms with van der Waals surface area (Å²) in [7, 11) is 0. The molecule has 7 heteroatoms. The Hall–Kier alpha value is -2.15. The number of nitrogens with two attached hydrogens (primary N) is 1. The Balaban J connectivity index is 2.31. The lowest BCUT2D eigenvalue weighted by Gasteiger charge is -2.03. The maximum absolute atomic E-state index is 11.3. The maximum Gasteiger partial charge on any atom is 0.251 e. The molecule has 2 heterocycles. The van der Waals surface area contributed by atoms with Gasteiger partial charge >= 0.3 is 0 Å². The van der Waals surface area contributed by atoms with Gasteiger partial charge in [-0.25, -0.2) is 9.97 Å². The van der Waals surface area contributed by atoms with Gasteiger partial charge in [0.25, 0.3) is 5.56 Å². The second-order valence-electron chi connectivity index (χ2n) is 3.57. The first kappa shape index (κ1) is 12.3. The summed E-state index contributed by atoms with van der Waals surface area (Å²) in [6.45, 7) is 1.75. The molecular formula is C11H11N5OS. The van der Waals surface area contributed by atoms with Crippen molar-refractivity contribution in [1.29, 1.82) is 5.41 Å². The van der Waals surface area contributed by atoms with E-state index in [1.54, 1.807) is 25.1 Å². The quantitative estimate of drug-likeness (QED) is 0.432. The maximum atomic E-state index is 11.3. The van der Waals surface area contributed by atoms with Gasteiger partial charge in [-0.3, -0.25) is 10.2 Å². The van der Waals surface area contributed by atoms with Crippen molar-refractivity contribution in [2.45, 2.75) is 17.1 Å². The van der Waals surface area contributed by atoms with E-state index in [9.17, 15) is 4.79 Å². The second-order valence-corrected chi connectivity index (χ2v) is 4.58. The van der Waals surface area contributed by atoms with Gasteiger partial charge in [0.2, 0.25) is 0 Å². The van der Waals surface area contributed by atoms with Gasteiger partial charge in [0.15, 0.2) is 5.16 Å². The zero-order valence-corrected chi connectivity index (χ0v) is 10.4. The molecule has 2 aromatic heterocycles. The molecule has 0 unspecified atom stereocenters. The van der Waals surface area contributed by atoms with Gasteiger partial charge in [-0.05, 0) is 30.8 Å². The third-order valence-electron chi connectivity index (χ3n) is 2.05. The van der Waals surface area contributed by atoms with Crippen LogP contribution in [0, 0.1) is 12.3 Å². The Bertz CT molecular complexity index is 652. The molecule has 0 saturated heterocycles. The summed E-state index contributed by atoms with van der Waals surface area (Å²) < 4.78 is 0. The van der Waals surface area contributed by atoms with Crippen molar-refractivity contribution >= 4 is 17.6 Å². The molecule has 6 nitrogen and oxygen atoms in total. The molecule has 92 valence electrons. The Morgan fingerprint density at radius 3 is 2.89 bits per heavy atom. The predicted molar refractivity (Wildman–Crippen MR) is 69.0 cm³/mol. The van der Waals surface area contributed by atoms with E-state index in [1.807, 2.05) is 0 Å². The van der Waals surface area contributed by atoms with Crippen molar-refractivity contribution in [2.24, 2.45) is 5.73 Å². The molecule has 0 radical (unpaired) electrons. The van der Waals surface area contributed by atoms with E-state index in [0.29, 0.717) is 21.6 Å². The number of rotatable bonds is 3. The normalized spacial score (nSPS) is 10.3. The largest absolute Gasteiger partial charge is 0.382 e. The lowest BCUT2D eigenvalue weighted by Crippen LogP contribution is -2.13. The highest BCUT2D eigenvalue weighted by Gasteiger charge is 2.05. The third kappa shape index (κ3) is 2.95. The summed E-state index contributed by atoms with van der Waals surface area (Å²) in [5.74, 6) is -0.0943.